The molecule has 25 heavy (non-hydrogen) atoms. The molecule has 1 saturated heterocycles. The SMILES string of the molecule is CCc1noc(C(C)N2CCc3c(cccc3N3CCOC3=O)C2)n1. The van der Waals surface area contributed by atoms with Gasteiger partial charge in [-0.05, 0) is 30.5 Å². The van der Waals surface area contributed by atoms with Crippen molar-refractivity contribution in [2.24, 2.45) is 0 Å². The summed E-state index contributed by atoms with van der Waals surface area (Å²) in [6.07, 6.45) is 1.41. The Balaban J connectivity index is 1.56. The number of carbonyl (C=O) groups excluding carboxylic acids is 1. The van der Waals surface area contributed by atoms with Crippen LogP contribution < -0.4 is 4.90 Å². The molecule has 1 atom stereocenters. The first kappa shape index (κ1) is 16.1. The number of carbonyl (C=O) groups is 1. The first-order valence-corrected chi connectivity index (χ1v) is 8.79. The number of fused-ring (bicyclic) bond motifs is 1. The van der Waals surface area contributed by atoms with Crippen molar-refractivity contribution in [3.63, 3.8) is 0 Å². The Morgan fingerprint density at radius 3 is 2.92 bits per heavy atom. The summed E-state index contributed by atoms with van der Waals surface area (Å²) in [5.74, 6) is 1.41. The number of amides is 1. The minimum atomic E-state index is -0.248. The maximum absolute atomic E-state index is 11.9. The monoisotopic (exact) mass is 342 g/mol. The fourth-order valence-electron chi connectivity index (χ4n) is 3.54. The predicted octanol–water partition coefficient (Wildman–Crippen LogP) is 2.71. The maximum atomic E-state index is 11.9. The van der Waals surface area contributed by atoms with Crippen molar-refractivity contribution in [3.8, 4) is 0 Å². The van der Waals surface area contributed by atoms with Crippen molar-refractivity contribution < 1.29 is 14.1 Å². The molecule has 1 aromatic heterocycles. The number of nitrogens with zero attached hydrogens (tertiary/aromatic N) is 4. The number of aryl methyl sites for hydroxylation is 1. The molecule has 0 radical (unpaired) electrons. The lowest BCUT2D eigenvalue weighted by atomic mass is 9.96. The highest BCUT2D eigenvalue weighted by Gasteiger charge is 2.30. The van der Waals surface area contributed by atoms with Gasteiger partial charge < -0.3 is 9.26 Å². The van der Waals surface area contributed by atoms with Crippen LogP contribution in [0.15, 0.2) is 22.7 Å². The normalized spacial score (nSPS) is 19.0. The van der Waals surface area contributed by atoms with Gasteiger partial charge in [0.1, 0.15) is 6.61 Å². The molecule has 132 valence electrons. The lowest BCUT2D eigenvalue weighted by molar-refractivity contribution is 0.158. The van der Waals surface area contributed by atoms with Gasteiger partial charge in [-0.1, -0.05) is 24.2 Å². The van der Waals surface area contributed by atoms with Gasteiger partial charge in [-0.25, -0.2) is 4.79 Å². The zero-order chi connectivity index (χ0) is 17.4. The van der Waals surface area contributed by atoms with Gasteiger partial charge >= 0.3 is 6.09 Å². The highest BCUT2D eigenvalue weighted by atomic mass is 16.6. The third kappa shape index (κ3) is 2.89. The van der Waals surface area contributed by atoms with Crippen molar-refractivity contribution in [2.45, 2.75) is 39.3 Å². The van der Waals surface area contributed by atoms with Crippen LogP contribution in [0.4, 0.5) is 10.5 Å². The smallest absolute Gasteiger partial charge is 0.414 e. The molecule has 1 fully saturated rings. The molecule has 2 aliphatic rings. The van der Waals surface area contributed by atoms with Crippen molar-refractivity contribution in [3.05, 3.63) is 41.0 Å². The summed E-state index contributed by atoms with van der Waals surface area (Å²) in [5, 5.41) is 4.00. The van der Waals surface area contributed by atoms with Gasteiger partial charge in [-0.3, -0.25) is 9.80 Å². The lowest BCUT2D eigenvalue weighted by Gasteiger charge is -2.33. The molecule has 7 heteroatoms. The average molecular weight is 342 g/mol. The van der Waals surface area contributed by atoms with Gasteiger partial charge in [0.2, 0.25) is 5.89 Å². The predicted molar refractivity (Wildman–Crippen MR) is 91.3 cm³/mol. The molecule has 3 heterocycles. The minimum Gasteiger partial charge on any atom is -0.447 e. The first-order valence-electron chi connectivity index (χ1n) is 8.79. The van der Waals surface area contributed by atoms with Gasteiger partial charge in [-0.2, -0.15) is 4.98 Å². The van der Waals surface area contributed by atoms with Gasteiger partial charge in [0.05, 0.1) is 18.3 Å². The average Bonchev–Trinajstić information content (AvgIpc) is 3.29. The molecule has 7 nitrogen and oxygen atoms in total. The van der Waals surface area contributed by atoms with E-state index in [1.807, 2.05) is 19.1 Å². The zero-order valence-corrected chi connectivity index (χ0v) is 14.6. The standard InChI is InChI=1S/C18H22N4O3/c1-3-16-19-17(25-20-16)12(2)21-8-7-14-13(11-21)5-4-6-15(14)22-9-10-24-18(22)23/h4-6,12H,3,7-11H2,1-2H3. The molecule has 0 spiro atoms. The van der Waals surface area contributed by atoms with E-state index in [2.05, 4.69) is 28.0 Å². The second-order valence-electron chi connectivity index (χ2n) is 6.48. The van der Waals surface area contributed by atoms with E-state index in [-0.39, 0.29) is 12.1 Å². The van der Waals surface area contributed by atoms with Crippen LogP contribution in [0.2, 0.25) is 0 Å². The minimum absolute atomic E-state index is 0.0707. The molecule has 1 unspecified atom stereocenters. The Morgan fingerprint density at radius 1 is 1.32 bits per heavy atom. The van der Waals surface area contributed by atoms with Crippen LogP contribution in [-0.2, 0) is 24.1 Å². The fraction of sp³-hybridized carbons (Fsp3) is 0.500. The third-order valence-electron chi connectivity index (χ3n) is 5.03. The van der Waals surface area contributed by atoms with Crippen LogP contribution in [-0.4, -0.2) is 40.8 Å². The molecule has 2 aromatic rings. The summed E-state index contributed by atoms with van der Waals surface area (Å²) >= 11 is 0. The number of anilines is 1. The van der Waals surface area contributed by atoms with Gasteiger partial charge in [0.15, 0.2) is 5.82 Å². The van der Waals surface area contributed by atoms with E-state index in [0.717, 1.165) is 37.4 Å². The van der Waals surface area contributed by atoms with E-state index in [4.69, 9.17) is 9.26 Å². The van der Waals surface area contributed by atoms with Crippen LogP contribution >= 0.6 is 0 Å². The number of hydrogen-bond donors (Lipinski definition) is 0. The molecule has 0 aliphatic carbocycles. The van der Waals surface area contributed by atoms with Gasteiger partial charge in [-0.15, -0.1) is 0 Å². The first-order chi connectivity index (χ1) is 12.2. The Labute approximate surface area is 146 Å². The second kappa shape index (κ2) is 6.48. The summed E-state index contributed by atoms with van der Waals surface area (Å²) < 4.78 is 10.5. The number of ether oxygens (including phenoxy) is 1. The Hall–Kier alpha value is -2.41. The van der Waals surface area contributed by atoms with Gasteiger partial charge in [0, 0.05) is 19.5 Å². The molecule has 0 N–H and O–H groups in total. The van der Waals surface area contributed by atoms with Crippen LogP contribution in [0.5, 0.6) is 0 Å². The Bertz CT molecular complexity index is 788. The van der Waals surface area contributed by atoms with Crippen molar-refractivity contribution in [1.82, 2.24) is 15.0 Å². The van der Waals surface area contributed by atoms with Crippen molar-refractivity contribution in [2.75, 3.05) is 24.6 Å². The lowest BCUT2D eigenvalue weighted by Crippen LogP contribution is -2.34. The van der Waals surface area contributed by atoms with E-state index in [1.54, 1.807) is 4.90 Å². The summed E-state index contributed by atoms with van der Waals surface area (Å²) in [4.78, 5) is 20.5. The molecule has 0 bridgehead atoms. The van der Waals surface area contributed by atoms with Crippen molar-refractivity contribution >= 4 is 11.8 Å². The topological polar surface area (TPSA) is 71.7 Å². The quantitative estimate of drug-likeness (QED) is 0.851. The van der Waals surface area contributed by atoms with Crippen LogP contribution in [0, 0.1) is 0 Å². The van der Waals surface area contributed by atoms with E-state index in [1.165, 1.54) is 11.1 Å². The summed E-state index contributed by atoms with van der Waals surface area (Å²) in [6, 6.07) is 6.22. The number of hydrogen-bond acceptors (Lipinski definition) is 6. The zero-order valence-electron chi connectivity index (χ0n) is 14.6. The molecule has 2 aliphatic heterocycles. The fourth-order valence-corrected chi connectivity index (χ4v) is 3.54. The summed E-state index contributed by atoms with van der Waals surface area (Å²) in [5.41, 5.74) is 3.47. The van der Waals surface area contributed by atoms with E-state index < -0.39 is 0 Å². The Kier molecular flexibility index (Phi) is 4.17. The second-order valence-corrected chi connectivity index (χ2v) is 6.48. The molecule has 4 rings (SSSR count). The Morgan fingerprint density at radius 2 is 2.20 bits per heavy atom. The third-order valence-corrected chi connectivity index (χ3v) is 5.03. The number of benzene rings is 1. The summed E-state index contributed by atoms with van der Waals surface area (Å²) in [6.45, 7) is 6.88. The van der Waals surface area contributed by atoms with Crippen LogP contribution in [0.3, 0.4) is 0 Å². The highest BCUT2D eigenvalue weighted by Crippen LogP contribution is 2.33. The van der Waals surface area contributed by atoms with E-state index >= 15 is 0 Å². The molecule has 1 amide bonds. The largest absolute Gasteiger partial charge is 0.447 e. The molecule has 1 aromatic carbocycles. The van der Waals surface area contributed by atoms with Gasteiger partial charge in [0.25, 0.3) is 0 Å². The van der Waals surface area contributed by atoms with Crippen molar-refractivity contribution in [1.29, 1.82) is 0 Å². The molecular formula is C18H22N4O3. The van der Waals surface area contributed by atoms with E-state index in [0.29, 0.717) is 19.0 Å². The number of aromatic nitrogens is 2. The summed E-state index contributed by atoms with van der Waals surface area (Å²) in [7, 11) is 0. The van der Waals surface area contributed by atoms with E-state index in [9.17, 15) is 4.79 Å². The van der Waals surface area contributed by atoms with Crippen LogP contribution in [0.1, 0.15) is 42.7 Å². The number of cyclic esters (lactones) is 1. The molecule has 0 saturated carbocycles. The highest BCUT2D eigenvalue weighted by molar-refractivity contribution is 5.90. The van der Waals surface area contributed by atoms with Crippen LogP contribution in [0.25, 0.3) is 0 Å². The number of rotatable bonds is 4. The molecular weight excluding hydrogens is 320 g/mol. The maximum Gasteiger partial charge on any atom is 0.414 e.